The molecule has 1 aromatic carbocycles. The summed E-state index contributed by atoms with van der Waals surface area (Å²) in [6, 6.07) is 6.44. The fourth-order valence-electron chi connectivity index (χ4n) is 3.75. The maximum Gasteiger partial charge on any atom is 0.223 e. The van der Waals surface area contributed by atoms with Crippen molar-refractivity contribution in [1.82, 2.24) is 9.80 Å². The summed E-state index contributed by atoms with van der Waals surface area (Å²) < 4.78 is 19.0. The molecule has 5 heteroatoms. The molecule has 3 rings (SSSR count). The lowest BCUT2D eigenvalue weighted by molar-refractivity contribution is -0.131. The maximum absolute atomic E-state index is 13.0. The summed E-state index contributed by atoms with van der Waals surface area (Å²) in [5, 5.41) is 0. The first-order chi connectivity index (χ1) is 12.1. The number of hydrogen-bond acceptors (Lipinski definition) is 3. The Labute approximate surface area is 149 Å². The van der Waals surface area contributed by atoms with Crippen LogP contribution < -0.4 is 0 Å². The molecule has 25 heavy (non-hydrogen) atoms. The molecule has 2 heterocycles. The number of ether oxygens (including phenoxy) is 1. The van der Waals surface area contributed by atoms with Crippen molar-refractivity contribution in [3.05, 3.63) is 35.6 Å². The third kappa shape index (κ3) is 5.25. The minimum atomic E-state index is -0.240. The first-order valence-electron chi connectivity index (χ1n) is 9.49. The van der Waals surface area contributed by atoms with E-state index in [-0.39, 0.29) is 23.7 Å². The van der Waals surface area contributed by atoms with Crippen LogP contribution in [-0.4, -0.2) is 61.1 Å². The molecule has 2 fully saturated rings. The Morgan fingerprint density at radius 1 is 1.24 bits per heavy atom. The Morgan fingerprint density at radius 3 is 2.68 bits per heavy atom. The third-order valence-electron chi connectivity index (χ3n) is 5.38. The molecular weight excluding hydrogens is 319 g/mol. The number of carbonyl (C=O) groups is 1. The van der Waals surface area contributed by atoms with Gasteiger partial charge in [-0.2, -0.15) is 0 Å². The topological polar surface area (TPSA) is 32.8 Å². The van der Waals surface area contributed by atoms with Crippen molar-refractivity contribution in [2.45, 2.75) is 44.6 Å². The Kier molecular flexibility index (Phi) is 6.43. The molecular formula is C20H29FN2O2. The number of hydrogen-bond donors (Lipinski definition) is 0. The van der Waals surface area contributed by atoms with Crippen LogP contribution >= 0.6 is 0 Å². The molecule has 1 aromatic rings. The van der Waals surface area contributed by atoms with Crippen molar-refractivity contribution in [3.8, 4) is 0 Å². The first-order valence-corrected chi connectivity index (χ1v) is 9.49. The van der Waals surface area contributed by atoms with Gasteiger partial charge in [-0.25, -0.2) is 4.39 Å². The average molecular weight is 348 g/mol. The van der Waals surface area contributed by atoms with Gasteiger partial charge in [-0.05, 0) is 56.0 Å². The van der Waals surface area contributed by atoms with Gasteiger partial charge in [-0.3, -0.25) is 4.79 Å². The molecule has 0 bridgehead atoms. The van der Waals surface area contributed by atoms with Gasteiger partial charge < -0.3 is 14.5 Å². The van der Waals surface area contributed by atoms with Crippen LogP contribution in [0.5, 0.6) is 0 Å². The molecule has 0 aliphatic carbocycles. The molecule has 2 atom stereocenters. The lowest BCUT2D eigenvalue weighted by Gasteiger charge is -2.20. The molecule has 4 nitrogen and oxygen atoms in total. The Bertz CT molecular complexity index is 557. The first kappa shape index (κ1) is 18.3. The van der Waals surface area contributed by atoms with Crippen molar-refractivity contribution < 1.29 is 13.9 Å². The fraction of sp³-hybridized carbons (Fsp3) is 0.650. The predicted molar refractivity (Wildman–Crippen MR) is 96.0 cm³/mol. The highest BCUT2D eigenvalue weighted by Gasteiger charge is 2.27. The van der Waals surface area contributed by atoms with Crippen LogP contribution in [0.25, 0.3) is 0 Å². The van der Waals surface area contributed by atoms with E-state index in [4.69, 9.17) is 4.74 Å². The molecule has 0 saturated carbocycles. The van der Waals surface area contributed by atoms with E-state index in [0.717, 1.165) is 31.7 Å². The van der Waals surface area contributed by atoms with Gasteiger partial charge in [0.15, 0.2) is 0 Å². The number of carbonyl (C=O) groups excluding carboxylic acids is 1. The monoisotopic (exact) mass is 348 g/mol. The Balaban J connectivity index is 1.38. The van der Waals surface area contributed by atoms with Gasteiger partial charge in [0.2, 0.25) is 5.91 Å². The zero-order valence-electron chi connectivity index (χ0n) is 15.1. The SMILES string of the molecule is C[C@H](CC(=O)N1CC[C@@H](OCCN2CCCC2)C1)c1ccc(F)cc1. The molecule has 0 N–H and O–H groups in total. The number of likely N-dealkylation sites (tertiary alicyclic amines) is 2. The summed E-state index contributed by atoms with van der Waals surface area (Å²) in [4.78, 5) is 16.9. The largest absolute Gasteiger partial charge is 0.375 e. The lowest BCUT2D eigenvalue weighted by atomic mass is 9.97. The number of rotatable bonds is 7. The second-order valence-electron chi connectivity index (χ2n) is 7.33. The molecule has 2 aliphatic rings. The van der Waals surface area contributed by atoms with Gasteiger partial charge in [0.25, 0.3) is 0 Å². The van der Waals surface area contributed by atoms with Gasteiger partial charge in [0.05, 0.1) is 12.7 Å². The van der Waals surface area contributed by atoms with E-state index in [2.05, 4.69) is 4.90 Å². The number of amides is 1. The van der Waals surface area contributed by atoms with Crippen molar-refractivity contribution in [2.24, 2.45) is 0 Å². The normalized spacial score (nSPS) is 22.5. The molecule has 0 radical (unpaired) electrons. The summed E-state index contributed by atoms with van der Waals surface area (Å²) in [6.07, 6.45) is 4.17. The number of benzene rings is 1. The Hall–Kier alpha value is -1.46. The lowest BCUT2D eigenvalue weighted by Crippen LogP contribution is -2.32. The van der Waals surface area contributed by atoms with E-state index in [1.54, 1.807) is 12.1 Å². The second-order valence-corrected chi connectivity index (χ2v) is 7.33. The minimum Gasteiger partial charge on any atom is -0.375 e. The standard InChI is InChI=1S/C20H29FN2O2/c1-16(17-4-6-18(21)7-5-17)14-20(24)23-11-8-19(15-23)25-13-12-22-9-2-3-10-22/h4-7,16,19H,2-3,8-15H2,1H3/t16-,19-/m1/s1. The zero-order valence-corrected chi connectivity index (χ0v) is 15.1. The van der Waals surface area contributed by atoms with Crippen molar-refractivity contribution in [3.63, 3.8) is 0 Å². The van der Waals surface area contributed by atoms with Crippen LogP contribution in [0, 0.1) is 5.82 Å². The summed E-state index contributed by atoms with van der Waals surface area (Å²) in [5.74, 6) is 0.0291. The van der Waals surface area contributed by atoms with Gasteiger partial charge in [0.1, 0.15) is 5.82 Å². The molecule has 0 spiro atoms. The quantitative estimate of drug-likeness (QED) is 0.759. The van der Waals surface area contributed by atoms with Crippen molar-refractivity contribution in [1.29, 1.82) is 0 Å². The van der Waals surface area contributed by atoms with E-state index in [1.807, 2.05) is 11.8 Å². The molecule has 1 amide bonds. The van der Waals surface area contributed by atoms with Crippen molar-refractivity contribution in [2.75, 3.05) is 39.3 Å². The summed E-state index contributed by atoms with van der Waals surface area (Å²) in [5.41, 5.74) is 1.01. The van der Waals surface area contributed by atoms with Crippen LogP contribution in [0.2, 0.25) is 0 Å². The fourth-order valence-corrected chi connectivity index (χ4v) is 3.75. The number of halogens is 1. The Morgan fingerprint density at radius 2 is 1.96 bits per heavy atom. The molecule has 138 valence electrons. The van der Waals surface area contributed by atoms with Gasteiger partial charge in [0, 0.05) is 26.1 Å². The van der Waals surface area contributed by atoms with Gasteiger partial charge in [-0.1, -0.05) is 19.1 Å². The minimum absolute atomic E-state index is 0.100. The smallest absolute Gasteiger partial charge is 0.223 e. The maximum atomic E-state index is 13.0. The van der Waals surface area contributed by atoms with Gasteiger partial charge >= 0.3 is 0 Å². The van der Waals surface area contributed by atoms with E-state index < -0.39 is 0 Å². The van der Waals surface area contributed by atoms with E-state index in [9.17, 15) is 9.18 Å². The highest BCUT2D eigenvalue weighted by molar-refractivity contribution is 5.77. The number of nitrogens with zero attached hydrogens (tertiary/aromatic N) is 2. The van der Waals surface area contributed by atoms with E-state index >= 15 is 0 Å². The highest BCUT2D eigenvalue weighted by Crippen LogP contribution is 2.22. The second kappa shape index (κ2) is 8.77. The summed E-state index contributed by atoms with van der Waals surface area (Å²) in [6.45, 7) is 7.66. The summed E-state index contributed by atoms with van der Waals surface area (Å²) >= 11 is 0. The van der Waals surface area contributed by atoms with Crippen LogP contribution in [0.15, 0.2) is 24.3 Å². The molecule has 0 unspecified atom stereocenters. The zero-order chi connectivity index (χ0) is 17.6. The molecule has 0 aromatic heterocycles. The van der Waals surface area contributed by atoms with Crippen LogP contribution in [0.3, 0.4) is 0 Å². The average Bonchev–Trinajstić information content (AvgIpc) is 3.27. The van der Waals surface area contributed by atoms with Crippen LogP contribution in [0.1, 0.15) is 44.1 Å². The van der Waals surface area contributed by atoms with E-state index in [1.165, 1.54) is 38.1 Å². The predicted octanol–water partition coefficient (Wildman–Crippen LogP) is 3.03. The third-order valence-corrected chi connectivity index (χ3v) is 5.38. The van der Waals surface area contributed by atoms with Crippen LogP contribution in [0.4, 0.5) is 4.39 Å². The van der Waals surface area contributed by atoms with E-state index in [0.29, 0.717) is 13.0 Å². The molecule has 2 aliphatic heterocycles. The van der Waals surface area contributed by atoms with Crippen molar-refractivity contribution >= 4 is 5.91 Å². The summed E-state index contributed by atoms with van der Waals surface area (Å²) in [7, 11) is 0. The van der Waals surface area contributed by atoms with Gasteiger partial charge in [-0.15, -0.1) is 0 Å². The molecule has 2 saturated heterocycles. The van der Waals surface area contributed by atoms with Crippen LogP contribution in [-0.2, 0) is 9.53 Å². The highest BCUT2D eigenvalue weighted by atomic mass is 19.1.